The van der Waals surface area contributed by atoms with Crippen molar-refractivity contribution in [3.8, 4) is 0 Å². The number of esters is 1. The first-order valence-corrected chi connectivity index (χ1v) is 10.3. The Labute approximate surface area is 184 Å². The lowest BCUT2D eigenvalue weighted by molar-refractivity contribution is -0.678. The molecule has 0 saturated carbocycles. The zero-order valence-electron chi connectivity index (χ0n) is 16.5. The van der Waals surface area contributed by atoms with Crippen molar-refractivity contribution in [3.05, 3.63) is 34.9 Å². The van der Waals surface area contributed by atoms with E-state index in [0.717, 1.165) is 5.52 Å². The monoisotopic (exact) mass is 475 g/mol. The Morgan fingerprint density at radius 2 is 1.97 bits per heavy atom. The number of thioether (sulfide) groups is 1. The maximum atomic E-state index is 12.8. The van der Waals surface area contributed by atoms with Crippen LogP contribution in [0.4, 0.5) is 24.8 Å². The van der Waals surface area contributed by atoms with Gasteiger partial charge >= 0.3 is 11.5 Å². The lowest BCUT2D eigenvalue weighted by Gasteiger charge is -2.07. The summed E-state index contributed by atoms with van der Waals surface area (Å²) in [6, 6.07) is 4.50. The number of halogens is 4. The predicted molar refractivity (Wildman–Crippen MR) is 110 cm³/mol. The first kappa shape index (κ1) is 22.9. The van der Waals surface area contributed by atoms with E-state index in [1.165, 1.54) is 12.1 Å². The van der Waals surface area contributed by atoms with E-state index in [1.54, 1.807) is 10.6 Å². The minimum absolute atomic E-state index is 0.0681. The van der Waals surface area contributed by atoms with Gasteiger partial charge in [0.15, 0.2) is 40.1 Å². The van der Waals surface area contributed by atoms with Gasteiger partial charge in [0.25, 0.3) is 5.82 Å². The summed E-state index contributed by atoms with van der Waals surface area (Å²) in [7, 11) is 0. The molecule has 2 heterocycles. The highest BCUT2D eigenvalue weighted by Gasteiger charge is 2.31. The topological polar surface area (TPSA) is 113 Å². The van der Waals surface area contributed by atoms with Crippen LogP contribution < -0.4 is 16.0 Å². The standard InChI is InChI=1S/C18H18ClF3N6O2S/c1-3-27-10-6-5-9(31-18(20,21)22)7-11(10)28(4-2)12(27)8-30-17(29)13-15(23)26-16(24)14(19)25-13/h5-7H,3-4,8H2,1-2H3,(H3-,23,24,26,29)/p+1. The van der Waals surface area contributed by atoms with Crippen molar-refractivity contribution in [2.75, 3.05) is 11.5 Å². The largest absolute Gasteiger partial charge is 0.448 e. The number of imidazole rings is 1. The van der Waals surface area contributed by atoms with Crippen LogP contribution in [0, 0.1) is 0 Å². The zero-order chi connectivity index (χ0) is 22.9. The minimum Gasteiger partial charge on any atom is -0.448 e. The van der Waals surface area contributed by atoms with Gasteiger partial charge in [0.05, 0.1) is 13.1 Å². The summed E-state index contributed by atoms with van der Waals surface area (Å²) < 4.78 is 47.4. The molecule has 8 nitrogen and oxygen atoms in total. The number of nitrogens with zero attached hydrogens (tertiary/aromatic N) is 4. The number of fused-ring (bicyclic) bond motifs is 1. The molecule has 0 atom stereocenters. The van der Waals surface area contributed by atoms with Crippen LogP contribution >= 0.6 is 23.4 Å². The zero-order valence-corrected chi connectivity index (χ0v) is 18.1. The van der Waals surface area contributed by atoms with Crippen LogP contribution in [-0.4, -0.2) is 26.0 Å². The lowest BCUT2D eigenvalue weighted by atomic mass is 10.3. The van der Waals surface area contributed by atoms with Gasteiger partial charge in [-0.2, -0.15) is 13.2 Å². The summed E-state index contributed by atoms with van der Waals surface area (Å²) in [5.41, 5.74) is 7.84. The predicted octanol–water partition coefficient (Wildman–Crippen LogP) is 3.55. The minimum atomic E-state index is -4.39. The molecule has 2 aromatic heterocycles. The van der Waals surface area contributed by atoms with E-state index in [4.69, 9.17) is 27.8 Å². The highest BCUT2D eigenvalue weighted by Crippen LogP contribution is 2.37. The third-order valence-corrected chi connectivity index (χ3v) is 5.45. The number of anilines is 2. The Kier molecular flexibility index (Phi) is 6.51. The molecule has 166 valence electrons. The molecular formula is C18H19ClF3N6O2S+. The summed E-state index contributed by atoms with van der Waals surface area (Å²) in [6.07, 6.45) is 0. The molecular weight excluding hydrogens is 457 g/mol. The molecule has 4 N–H and O–H groups in total. The van der Waals surface area contributed by atoms with E-state index in [-0.39, 0.29) is 45.7 Å². The Bertz CT molecular complexity index is 1150. The Morgan fingerprint density at radius 3 is 2.58 bits per heavy atom. The van der Waals surface area contributed by atoms with E-state index in [1.807, 2.05) is 18.4 Å². The number of aromatic nitrogens is 4. The highest BCUT2D eigenvalue weighted by molar-refractivity contribution is 8.00. The van der Waals surface area contributed by atoms with Gasteiger partial charge in [0.1, 0.15) is 0 Å². The molecule has 0 aliphatic heterocycles. The number of nitrogen functional groups attached to an aromatic ring is 2. The van der Waals surface area contributed by atoms with E-state index in [0.29, 0.717) is 24.4 Å². The average Bonchev–Trinajstić information content (AvgIpc) is 2.99. The number of aryl methyl sites for hydroxylation is 2. The van der Waals surface area contributed by atoms with Crippen LogP contribution in [0.5, 0.6) is 0 Å². The van der Waals surface area contributed by atoms with Gasteiger partial charge < -0.3 is 16.2 Å². The highest BCUT2D eigenvalue weighted by atomic mass is 35.5. The van der Waals surface area contributed by atoms with E-state index in [2.05, 4.69) is 9.97 Å². The normalized spacial score (nSPS) is 11.8. The second-order valence-corrected chi connectivity index (χ2v) is 7.81. The van der Waals surface area contributed by atoms with Crippen molar-refractivity contribution >= 4 is 52.0 Å². The smallest absolute Gasteiger partial charge is 0.446 e. The summed E-state index contributed by atoms with van der Waals surface area (Å²) in [5, 5.41) is -0.179. The summed E-state index contributed by atoms with van der Waals surface area (Å²) in [5.74, 6) is -0.593. The summed E-state index contributed by atoms with van der Waals surface area (Å²) in [6.45, 7) is 4.52. The summed E-state index contributed by atoms with van der Waals surface area (Å²) in [4.78, 5) is 20.1. The molecule has 3 rings (SSSR count). The Morgan fingerprint density at radius 1 is 1.26 bits per heavy atom. The molecule has 3 aromatic rings. The van der Waals surface area contributed by atoms with Gasteiger partial charge in [0, 0.05) is 11.0 Å². The fourth-order valence-corrected chi connectivity index (χ4v) is 3.92. The molecule has 1 aromatic carbocycles. The molecule has 0 saturated heterocycles. The number of nitrogens with two attached hydrogens (primary N) is 2. The van der Waals surface area contributed by atoms with Crippen molar-refractivity contribution in [2.24, 2.45) is 0 Å². The first-order valence-electron chi connectivity index (χ1n) is 9.12. The number of carbonyl (C=O) groups excluding carboxylic acids is 1. The van der Waals surface area contributed by atoms with Crippen molar-refractivity contribution in [2.45, 2.75) is 43.9 Å². The Balaban J connectivity index is 1.96. The van der Waals surface area contributed by atoms with Crippen LogP contribution in [0.1, 0.15) is 30.2 Å². The van der Waals surface area contributed by atoms with Crippen LogP contribution in [0.15, 0.2) is 23.1 Å². The maximum absolute atomic E-state index is 12.8. The first-order chi connectivity index (χ1) is 14.6. The van der Waals surface area contributed by atoms with Gasteiger partial charge in [-0.1, -0.05) is 11.6 Å². The van der Waals surface area contributed by atoms with E-state index in [9.17, 15) is 18.0 Å². The van der Waals surface area contributed by atoms with Gasteiger partial charge in [-0.3, -0.25) is 0 Å². The molecule has 0 amide bonds. The molecule has 0 unspecified atom stereocenters. The SMILES string of the molecule is CCn1c(COC(=O)c2nc(Cl)c(N)nc2N)[n+](CC)c2ccc(SC(F)(F)F)cc21. The van der Waals surface area contributed by atoms with Crippen LogP contribution in [0.3, 0.4) is 0 Å². The molecule has 13 heteroatoms. The van der Waals surface area contributed by atoms with Gasteiger partial charge in [0.2, 0.25) is 0 Å². The van der Waals surface area contributed by atoms with Crippen LogP contribution in [0.2, 0.25) is 5.15 Å². The van der Waals surface area contributed by atoms with E-state index < -0.39 is 11.5 Å². The number of carbonyl (C=O) groups is 1. The Hall–Kier alpha value is -2.73. The van der Waals surface area contributed by atoms with Crippen LogP contribution in [-0.2, 0) is 24.4 Å². The summed E-state index contributed by atoms with van der Waals surface area (Å²) >= 11 is 5.62. The number of benzene rings is 1. The maximum Gasteiger partial charge on any atom is 0.446 e. The molecule has 0 aliphatic rings. The number of hydrogen-bond donors (Lipinski definition) is 2. The third kappa shape index (κ3) is 4.79. The van der Waals surface area contributed by atoms with Crippen molar-refractivity contribution in [1.82, 2.24) is 14.5 Å². The fraction of sp³-hybridized carbons (Fsp3) is 0.333. The quantitative estimate of drug-likeness (QED) is 0.318. The number of alkyl halides is 3. The van der Waals surface area contributed by atoms with Crippen molar-refractivity contribution in [3.63, 3.8) is 0 Å². The molecule has 0 bridgehead atoms. The second kappa shape index (κ2) is 8.79. The van der Waals surface area contributed by atoms with Crippen molar-refractivity contribution < 1.29 is 27.3 Å². The van der Waals surface area contributed by atoms with Gasteiger partial charge in [-0.25, -0.2) is 23.9 Å². The molecule has 0 radical (unpaired) electrons. The van der Waals surface area contributed by atoms with Gasteiger partial charge in [-0.05, 0) is 37.7 Å². The molecule has 0 aliphatic carbocycles. The average molecular weight is 476 g/mol. The molecule has 0 fully saturated rings. The van der Waals surface area contributed by atoms with Gasteiger partial charge in [-0.15, -0.1) is 0 Å². The number of ether oxygens (including phenoxy) is 1. The molecule has 31 heavy (non-hydrogen) atoms. The molecule has 0 spiro atoms. The fourth-order valence-electron chi connectivity index (χ4n) is 3.22. The van der Waals surface area contributed by atoms with E-state index >= 15 is 0 Å². The number of rotatable bonds is 6. The van der Waals surface area contributed by atoms with Crippen LogP contribution in [0.25, 0.3) is 11.0 Å². The van der Waals surface area contributed by atoms with Crippen molar-refractivity contribution in [1.29, 1.82) is 0 Å². The third-order valence-electron chi connectivity index (χ3n) is 4.45. The lowest BCUT2D eigenvalue weighted by Crippen LogP contribution is -2.37. The second-order valence-electron chi connectivity index (χ2n) is 6.31. The number of hydrogen-bond acceptors (Lipinski definition) is 7.